The van der Waals surface area contributed by atoms with Crippen molar-refractivity contribution in [2.45, 2.75) is 25.7 Å². The smallest absolute Gasteiger partial charge is 0.255 e. The minimum atomic E-state index is -3.66. The number of sulfonamides is 1. The largest absolute Gasteiger partial charge is 0.322 e. The van der Waals surface area contributed by atoms with Crippen LogP contribution in [0.2, 0.25) is 0 Å². The van der Waals surface area contributed by atoms with Crippen LogP contribution in [0, 0.1) is 12.7 Å². The van der Waals surface area contributed by atoms with E-state index in [1.54, 1.807) is 32.9 Å². The molecule has 0 atom stereocenters. The summed E-state index contributed by atoms with van der Waals surface area (Å²) in [5.41, 5.74) is 1.17. The maximum absolute atomic E-state index is 13.3. The number of benzene rings is 2. The van der Waals surface area contributed by atoms with Gasteiger partial charge in [0.05, 0.1) is 4.90 Å². The van der Waals surface area contributed by atoms with Gasteiger partial charge in [-0.1, -0.05) is 26.0 Å². The van der Waals surface area contributed by atoms with Crippen molar-refractivity contribution < 1.29 is 17.6 Å². The lowest BCUT2D eigenvalue weighted by Gasteiger charge is -2.19. The zero-order valence-electron chi connectivity index (χ0n) is 14.4. The number of carbonyl (C=O) groups is 1. The van der Waals surface area contributed by atoms with E-state index in [2.05, 4.69) is 5.32 Å². The molecule has 0 unspecified atom stereocenters. The molecule has 2 aromatic rings. The van der Waals surface area contributed by atoms with Crippen molar-refractivity contribution >= 4 is 21.6 Å². The molecule has 134 valence electrons. The topological polar surface area (TPSA) is 66.5 Å². The summed E-state index contributed by atoms with van der Waals surface area (Å²) in [5.74, 6) is -0.952. The zero-order chi connectivity index (χ0) is 18.6. The average Bonchev–Trinajstić information content (AvgIpc) is 2.55. The average molecular weight is 364 g/mol. The number of nitrogens with zero attached hydrogens (tertiary/aromatic N) is 1. The molecule has 0 fully saturated rings. The predicted molar refractivity (Wildman–Crippen MR) is 95.6 cm³/mol. The fourth-order valence-corrected chi connectivity index (χ4v) is 3.97. The van der Waals surface area contributed by atoms with E-state index in [9.17, 15) is 17.6 Å². The molecule has 1 N–H and O–H groups in total. The highest BCUT2D eigenvalue weighted by Crippen LogP contribution is 2.21. The summed E-state index contributed by atoms with van der Waals surface area (Å²) in [6.45, 7) is 5.92. The van der Waals surface area contributed by atoms with E-state index < -0.39 is 21.7 Å². The number of amides is 1. The molecule has 5 nitrogen and oxygen atoms in total. The molecule has 0 radical (unpaired) electrons. The molecule has 2 rings (SSSR count). The zero-order valence-corrected chi connectivity index (χ0v) is 15.2. The van der Waals surface area contributed by atoms with Crippen LogP contribution in [-0.4, -0.2) is 31.7 Å². The molecular weight excluding hydrogens is 343 g/mol. The van der Waals surface area contributed by atoms with Crippen LogP contribution >= 0.6 is 0 Å². The van der Waals surface area contributed by atoms with Crippen LogP contribution in [0.5, 0.6) is 0 Å². The van der Waals surface area contributed by atoms with Crippen LogP contribution in [0.3, 0.4) is 0 Å². The van der Waals surface area contributed by atoms with Crippen molar-refractivity contribution in [3.63, 3.8) is 0 Å². The van der Waals surface area contributed by atoms with Crippen molar-refractivity contribution in [2.24, 2.45) is 0 Å². The Labute approximate surface area is 147 Å². The molecule has 25 heavy (non-hydrogen) atoms. The lowest BCUT2D eigenvalue weighted by atomic mass is 10.1. The molecule has 0 aliphatic rings. The van der Waals surface area contributed by atoms with E-state index in [1.807, 2.05) is 0 Å². The third kappa shape index (κ3) is 4.24. The molecule has 0 heterocycles. The van der Waals surface area contributed by atoms with Crippen LogP contribution in [0.25, 0.3) is 0 Å². The van der Waals surface area contributed by atoms with Gasteiger partial charge in [0.2, 0.25) is 10.0 Å². The molecule has 0 aromatic heterocycles. The summed E-state index contributed by atoms with van der Waals surface area (Å²) in [7, 11) is -3.66. The molecule has 0 saturated heterocycles. The van der Waals surface area contributed by atoms with Gasteiger partial charge in [-0.2, -0.15) is 4.31 Å². The maximum atomic E-state index is 13.3. The Morgan fingerprint density at radius 1 is 1.12 bits per heavy atom. The van der Waals surface area contributed by atoms with E-state index in [0.29, 0.717) is 24.3 Å². The van der Waals surface area contributed by atoms with Gasteiger partial charge in [-0.3, -0.25) is 4.79 Å². The Bertz CT molecular complexity index is 878. The Hall–Kier alpha value is -2.25. The Morgan fingerprint density at radius 3 is 2.40 bits per heavy atom. The van der Waals surface area contributed by atoms with Gasteiger partial charge in [-0.25, -0.2) is 12.8 Å². The van der Waals surface area contributed by atoms with Crippen molar-refractivity contribution in [2.75, 3.05) is 18.4 Å². The molecule has 0 saturated carbocycles. The maximum Gasteiger partial charge on any atom is 0.255 e. The van der Waals surface area contributed by atoms with Crippen LogP contribution in [0.1, 0.15) is 29.8 Å². The summed E-state index contributed by atoms with van der Waals surface area (Å²) in [6, 6.07) is 9.96. The second-order valence-corrected chi connectivity index (χ2v) is 7.47. The van der Waals surface area contributed by atoms with E-state index in [1.165, 1.54) is 34.6 Å². The quantitative estimate of drug-likeness (QED) is 0.854. The normalized spacial score (nSPS) is 11.6. The highest BCUT2D eigenvalue weighted by Gasteiger charge is 2.23. The first-order valence-electron chi connectivity index (χ1n) is 7.97. The van der Waals surface area contributed by atoms with Crippen LogP contribution in [0.15, 0.2) is 47.4 Å². The lowest BCUT2D eigenvalue weighted by molar-refractivity contribution is 0.102. The van der Waals surface area contributed by atoms with Crippen molar-refractivity contribution in [1.82, 2.24) is 4.31 Å². The molecule has 1 amide bonds. The van der Waals surface area contributed by atoms with Gasteiger partial charge in [0, 0.05) is 24.3 Å². The number of hydrogen-bond acceptors (Lipinski definition) is 3. The molecule has 0 spiro atoms. The van der Waals surface area contributed by atoms with Crippen molar-refractivity contribution in [3.05, 3.63) is 59.4 Å². The third-order valence-electron chi connectivity index (χ3n) is 3.88. The number of hydrogen-bond donors (Lipinski definition) is 1. The molecule has 2 aromatic carbocycles. The van der Waals surface area contributed by atoms with Gasteiger partial charge >= 0.3 is 0 Å². The first-order chi connectivity index (χ1) is 11.8. The minimum absolute atomic E-state index is 0.0613. The van der Waals surface area contributed by atoms with Gasteiger partial charge in [-0.05, 0) is 42.8 Å². The number of halogens is 1. The van der Waals surface area contributed by atoms with Crippen molar-refractivity contribution in [1.29, 1.82) is 0 Å². The Balaban J connectivity index is 2.37. The molecule has 0 aliphatic carbocycles. The van der Waals surface area contributed by atoms with E-state index >= 15 is 0 Å². The second kappa shape index (κ2) is 7.76. The summed E-state index contributed by atoms with van der Waals surface area (Å²) in [6.07, 6.45) is 0. The number of rotatable bonds is 6. The first-order valence-corrected chi connectivity index (χ1v) is 9.41. The van der Waals surface area contributed by atoms with Gasteiger partial charge in [0.15, 0.2) is 0 Å². The summed E-state index contributed by atoms with van der Waals surface area (Å²) in [4.78, 5) is 12.6. The Kier molecular flexibility index (Phi) is 5.92. The first kappa shape index (κ1) is 19.1. The van der Waals surface area contributed by atoms with Gasteiger partial charge in [-0.15, -0.1) is 0 Å². The summed E-state index contributed by atoms with van der Waals surface area (Å²) < 4.78 is 39.8. The van der Waals surface area contributed by atoms with Crippen LogP contribution < -0.4 is 5.32 Å². The van der Waals surface area contributed by atoms with Gasteiger partial charge < -0.3 is 5.32 Å². The van der Waals surface area contributed by atoms with Gasteiger partial charge in [0.25, 0.3) is 5.91 Å². The summed E-state index contributed by atoms with van der Waals surface area (Å²) >= 11 is 0. The SMILES string of the molecule is CCN(CC)S(=O)(=O)c1ccc(C)c(C(=O)Nc2cccc(F)c2)c1. The standard InChI is InChI=1S/C18H21FN2O3S/c1-4-21(5-2)25(23,24)16-10-9-13(3)17(12-16)18(22)20-15-8-6-7-14(19)11-15/h6-12H,4-5H2,1-3H3,(H,20,22). The highest BCUT2D eigenvalue weighted by atomic mass is 32.2. The number of nitrogens with one attached hydrogen (secondary N) is 1. The number of carbonyl (C=O) groups excluding carboxylic acids is 1. The van der Waals surface area contributed by atoms with Crippen LogP contribution in [-0.2, 0) is 10.0 Å². The molecular formula is C18H21FN2O3S. The van der Waals surface area contributed by atoms with E-state index in [4.69, 9.17) is 0 Å². The van der Waals surface area contributed by atoms with Crippen molar-refractivity contribution in [3.8, 4) is 0 Å². The fraction of sp³-hybridized carbons (Fsp3) is 0.278. The fourth-order valence-electron chi connectivity index (χ4n) is 2.48. The van der Waals surface area contributed by atoms with Gasteiger partial charge in [0.1, 0.15) is 5.82 Å². The van der Waals surface area contributed by atoms with E-state index in [-0.39, 0.29) is 10.5 Å². The van der Waals surface area contributed by atoms with E-state index in [0.717, 1.165) is 0 Å². The molecule has 0 bridgehead atoms. The minimum Gasteiger partial charge on any atom is -0.322 e. The number of anilines is 1. The van der Waals surface area contributed by atoms with Crippen LogP contribution in [0.4, 0.5) is 10.1 Å². The second-order valence-electron chi connectivity index (χ2n) is 5.53. The highest BCUT2D eigenvalue weighted by molar-refractivity contribution is 7.89. The monoisotopic (exact) mass is 364 g/mol. The Morgan fingerprint density at radius 2 is 1.80 bits per heavy atom. The molecule has 0 aliphatic heterocycles. The molecule has 7 heteroatoms. The number of aryl methyl sites for hydroxylation is 1. The summed E-state index contributed by atoms with van der Waals surface area (Å²) in [5, 5.41) is 2.59. The predicted octanol–water partition coefficient (Wildman–Crippen LogP) is 3.42. The third-order valence-corrected chi connectivity index (χ3v) is 5.93. The lowest BCUT2D eigenvalue weighted by Crippen LogP contribution is -2.30.